The summed E-state index contributed by atoms with van der Waals surface area (Å²) in [5.41, 5.74) is 7.38. The largest absolute Gasteiger partial charge is 0.343 e. The summed E-state index contributed by atoms with van der Waals surface area (Å²) in [6.45, 7) is 5.58. The van der Waals surface area contributed by atoms with Crippen LogP contribution in [0.25, 0.3) is 0 Å². The van der Waals surface area contributed by atoms with Gasteiger partial charge in [-0.3, -0.25) is 4.79 Å². The minimum atomic E-state index is -0.105. The van der Waals surface area contributed by atoms with Crippen LogP contribution in [0.2, 0.25) is 5.02 Å². The molecule has 0 spiro atoms. The highest BCUT2D eigenvalue weighted by Crippen LogP contribution is 2.43. The highest BCUT2D eigenvalue weighted by molar-refractivity contribution is 6.30. The number of nitrogens with zero attached hydrogens (tertiary/aromatic N) is 1. The Balaban J connectivity index is 2.08. The van der Waals surface area contributed by atoms with E-state index in [2.05, 4.69) is 0 Å². The average Bonchev–Trinajstić information content (AvgIpc) is 2.38. The lowest BCUT2D eigenvalue weighted by molar-refractivity contribution is -0.141. The molecule has 1 aliphatic carbocycles. The number of halogens is 1. The number of hydrogen-bond donors (Lipinski definition) is 1. The van der Waals surface area contributed by atoms with Gasteiger partial charge in [0.05, 0.1) is 0 Å². The van der Waals surface area contributed by atoms with E-state index >= 15 is 0 Å². The lowest BCUT2D eigenvalue weighted by Gasteiger charge is -2.41. The highest BCUT2D eigenvalue weighted by Gasteiger charge is 2.41. The Morgan fingerprint density at radius 2 is 2.10 bits per heavy atom. The number of nitrogens with two attached hydrogens (primary N) is 1. The first-order chi connectivity index (χ1) is 9.58. The lowest BCUT2D eigenvalue weighted by atomic mass is 9.67. The monoisotopic (exact) mass is 294 g/mol. The second-order valence-electron chi connectivity index (χ2n) is 5.44. The van der Waals surface area contributed by atoms with Gasteiger partial charge in [-0.2, -0.15) is 0 Å². The van der Waals surface area contributed by atoms with Gasteiger partial charge in [-0.15, -0.1) is 0 Å². The molecule has 1 aromatic rings. The summed E-state index contributed by atoms with van der Waals surface area (Å²) in [5, 5.41) is 0.698. The van der Waals surface area contributed by atoms with Crippen LogP contribution in [-0.2, 0) is 4.79 Å². The smallest absolute Gasteiger partial charge is 0.226 e. The van der Waals surface area contributed by atoms with Crippen LogP contribution < -0.4 is 5.73 Å². The summed E-state index contributed by atoms with van der Waals surface area (Å²) in [5.74, 6) is 0.564. The molecule has 1 aromatic carbocycles. The number of hydrogen-bond acceptors (Lipinski definition) is 2. The fraction of sp³-hybridized carbons (Fsp3) is 0.562. The van der Waals surface area contributed by atoms with Crippen LogP contribution in [0, 0.1) is 11.8 Å². The SMILES string of the molecule is CCN(CC)C(=O)[C@@H]1CC[C@H]1C(N)c1cccc(Cl)c1. The van der Waals surface area contributed by atoms with Crippen LogP contribution in [0.15, 0.2) is 24.3 Å². The first kappa shape index (κ1) is 15.3. The van der Waals surface area contributed by atoms with Crippen molar-refractivity contribution in [1.82, 2.24) is 4.90 Å². The van der Waals surface area contributed by atoms with E-state index in [0.717, 1.165) is 31.5 Å². The maximum atomic E-state index is 12.4. The van der Waals surface area contributed by atoms with E-state index in [1.165, 1.54) is 0 Å². The van der Waals surface area contributed by atoms with Gasteiger partial charge in [-0.25, -0.2) is 0 Å². The molecule has 110 valence electrons. The third-order valence-electron chi connectivity index (χ3n) is 4.41. The molecule has 1 amide bonds. The molecular weight excluding hydrogens is 272 g/mol. The molecule has 0 saturated heterocycles. The maximum Gasteiger partial charge on any atom is 0.226 e. The molecule has 1 fully saturated rings. The number of carbonyl (C=O) groups is 1. The molecule has 0 aromatic heterocycles. The Bertz CT molecular complexity index is 473. The average molecular weight is 295 g/mol. The normalized spacial score (nSPS) is 23.0. The Morgan fingerprint density at radius 1 is 1.40 bits per heavy atom. The molecule has 0 aliphatic heterocycles. The van der Waals surface area contributed by atoms with Crippen molar-refractivity contribution in [2.24, 2.45) is 17.6 Å². The van der Waals surface area contributed by atoms with Crippen LogP contribution in [0.5, 0.6) is 0 Å². The topological polar surface area (TPSA) is 46.3 Å². The Morgan fingerprint density at radius 3 is 2.60 bits per heavy atom. The van der Waals surface area contributed by atoms with Gasteiger partial charge in [0.1, 0.15) is 0 Å². The van der Waals surface area contributed by atoms with Crippen molar-refractivity contribution in [2.45, 2.75) is 32.7 Å². The van der Waals surface area contributed by atoms with Crippen molar-refractivity contribution in [2.75, 3.05) is 13.1 Å². The van der Waals surface area contributed by atoms with Gasteiger partial charge >= 0.3 is 0 Å². The van der Waals surface area contributed by atoms with Gasteiger partial charge in [0.15, 0.2) is 0 Å². The third kappa shape index (κ3) is 2.99. The van der Waals surface area contributed by atoms with Crippen molar-refractivity contribution in [3.63, 3.8) is 0 Å². The number of rotatable bonds is 5. The summed E-state index contributed by atoms with van der Waals surface area (Å²) < 4.78 is 0. The van der Waals surface area contributed by atoms with E-state index in [9.17, 15) is 4.79 Å². The molecule has 3 atom stereocenters. The second-order valence-corrected chi connectivity index (χ2v) is 5.88. The second kappa shape index (κ2) is 6.59. The van der Waals surface area contributed by atoms with Crippen molar-refractivity contribution < 1.29 is 4.79 Å². The van der Waals surface area contributed by atoms with Gasteiger partial charge in [0, 0.05) is 30.1 Å². The summed E-state index contributed by atoms with van der Waals surface area (Å²) in [6.07, 6.45) is 1.97. The van der Waals surface area contributed by atoms with Gasteiger partial charge in [0.2, 0.25) is 5.91 Å². The van der Waals surface area contributed by atoms with E-state index in [1.807, 2.05) is 43.0 Å². The molecule has 1 unspecified atom stereocenters. The van der Waals surface area contributed by atoms with Gasteiger partial charge in [0.25, 0.3) is 0 Å². The molecule has 1 saturated carbocycles. The first-order valence-corrected chi connectivity index (χ1v) is 7.76. The molecule has 4 heteroatoms. The number of amides is 1. The highest BCUT2D eigenvalue weighted by atomic mass is 35.5. The Hall–Kier alpha value is -1.06. The Kier molecular flexibility index (Phi) is 5.06. The van der Waals surface area contributed by atoms with E-state index in [0.29, 0.717) is 5.02 Å². The number of benzene rings is 1. The molecular formula is C16H23ClN2O. The van der Waals surface area contributed by atoms with Crippen molar-refractivity contribution in [1.29, 1.82) is 0 Å². The van der Waals surface area contributed by atoms with E-state index in [1.54, 1.807) is 0 Å². The van der Waals surface area contributed by atoms with Crippen LogP contribution in [0.3, 0.4) is 0 Å². The standard InChI is InChI=1S/C16H23ClN2O/c1-3-19(4-2)16(20)14-9-8-13(14)15(18)11-6-5-7-12(17)10-11/h5-7,10,13-15H,3-4,8-9,18H2,1-2H3/t13-,14-,15?/m1/s1. The molecule has 0 bridgehead atoms. The molecule has 1 aliphatic rings. The predicted molar refractivity (Wildman–Crippen MR) is 82.5 cm³/mol. The lowest BCUT2D eigenvalue weighted by Crippen LogP contribution is -2.46. The summed E-state index contributed by atoms with van der Waals surface area (Å²) in [4.78, 5) is 14.3. The van der Waals surface area contributed by atoms with Crippen molar-refractivity contribution in [3.8, 4) is 0 Å². The molecule has 0 radical (unpaired) electrons. The Labute approximate surface area is 126 Å². The van der Waals surface area contributed by atoms with Crippen LogP contribution in [0.4, 0.5) is 0 Å². The zero-order valence-corrected chi connectivity index (χ0v) is 12.9. The molecule has 0 heterocycles. The minimum Gasteiger partial charge on any atom is -0.343 e. The number of carbonyl (C=O) groups excluding carboxylic acids is 1. The third-order valence-corrected chi connectivity index (χ3v) is 4.65. The minimum absolute atomic E-state index is 0.0730. The zero-order valence-electron chi connectivity index (χ0n) is 12.2. The van der Waals surface area contributed by atoms with Gasteiger partial charge in [-0.1, -0.05) is 23.7 Å². The summed E-state index contributed by atoms with van der Waals surface area (Å²) >= 11 is 6.02. The van der Waals surface area contributed by atoms with Gasteiger partial charge in [-0.05, 0) is 50.3 Å². The van der Waals surface area contributed by atoms with Crippen LogP contribution >= 0.6 is 11.6 Å². The molecule has 20 heavy (non-hydrogen) atoms. The fourth-order valence-corrected chi connectivity index (χ4v) is 3.19. The van der Waals surface area contributed by atoms with E-state index < -0.39 is 0 Å². The zero-order chi connectivity index (χ0) is 14.7. The van der Waals surface area contributed by atoms with Gasteiger partial charge < -0.3 is 10.6 Å². The fourth-order valence-electron chi connectivity index (χ4n) is 2.99. The first-order valence-electron chi connectivity index (χ1n) is 7.38. The van der Waals surface area contributed by atoms with Crippen LogP contribution in [-0.4, -0.2) is 23.9 Å². The van der Waals surface area contributed by atoms with Crippen molar-refractivity contribution in [3.05, 3.63) is 34.9 Å². The van der Waals surface area contributed by atoms with E-state index in [4.69, 9.17) is 17.3 Å². The van der Waals surface area contributed by atoms with Crippen molar-refractivity contribution >= 4 is 17.5 Å². The molecule has 2 rings (SSSR count). The predicted octanol–water partition coefficient (Wildman–Crippen LogP) is 3.23. The quantitative estimate of drug-likeness (QED) is 0.906. The maximum absolute atomic E-state index is 12.4. The van der Waals surface area contributed by atoms with Crippen LogP contribution in [0.1, 0.15) is 38.3 Å². The molecule has 3 nitrogen and oxygen atoms in total. The summed E-state index contributed by atoms with van der Waals surface area (Å²) in [6, 6.07) is 7.55. The van der Waals surface area contributed by atoms with E-state index in [-0.39, 0.29) is 23.8 Å². The molecule has 2 N–H and O–H groups in total. The summed E-state index contributed by atoms with van der Waals surface area (Å²) in [7, 11) is 0.